The second-order valence-corrected chi connectivity index (χ2v) is 5.61. The lowest BCUT2D eigenvalue weighted by molar-refractivity contribution is 0.173. The summed E-state index contributed by atoms with van der Waals surface area (Å²) >= 11 is 0. The van der Waals surface area contributed by atoms with Crippen molar-refractivity contribution >= 4 is 0 Å². The maximum atomic E-state index is 5.45. The highest BCUT2D eigenvalue weighted by Gasteiger charge is 2.21. The molecule has 0 saturated carbocycles. The highest BCUT2D eigenvalue weighted by molar-refractivity contribution is 5.44. The number of nitrogens with zero attached hydrogens (tertiary/aromatic N) is 1. The fraction of sp³-hybridized carbons (Fsp3) is 0.600. The minimum Gasteiger partial charge on any atom is -0.454 e. The maximum Gasteiger partial charge on any atom is 0.231 e. The van der Waals surface area contributed by atoms with E-state index in [1.165, 1.54) is 12.0 Å². The molecule has 19 heavy (non-hydrogen) atoms. The lowest BCUT2D eigenvalue weighted by atomic mass is 10.1. The molecule has 2 heterocycles. The van der Waals surface area contributed by atoms with Crippen LogP contribution in [0.3, 0.4) is 0 Å². The van der Waals surface area contributed by atoms with Crippen LogP contribution in [-0.2, 0) is 6.54 Å². The first-order valence-corrected chi connectivity index (χ1v) is 7.08. The van der Waals surface area contributed by atoms with Gasteiger partial charge < -0.3 is 14.8 Å². The second kappa shape index (κ2) is 5.39. The number of rotatable bonds is 2. The van der Waals surface area contributed by atoms with Gasteiger partial charge in [-0.05, 0) is 44.5 Å². The van der Waals surface area contributed by atoms with Crippen LogP contribution in [-0.4, -0.2) is 36.9 Å². The van der Waals surface area contributed by atoms with Gasteiger partial charge in [0.25, 0.3) is 0 Å². The Balaban J connectivity index is 1.72. The molecule has 0 bridgehead atoms. The first-order valence-electron chi connectivity index (χ1n) is 7.08. The van der Waals surface area contributed by atoms with Crippen LogP contribution >= 0.6 is 0 Å². The number of hydrogen-bond donors (Lipinski definition) is 1. The van der Waals surface area contributed by atoms with E-state index < -0.39 is 0 Å². The van der Waals surface area contributed by atoms with Crippen LogP contribution in [0.2, 0.25) is 0 Å². The van der Waals surface area contributed by atoms with Gasteiger partial charge in [-0.2, -0.15) is 0 Å². The third-order valence-corrected chi connectivity index (χ3v) is 4.01. The minimum absolute atomic E-state index is 0.347. The van der Waals surface area contributed by atoms with Crippen molar-refractivity contribution in [3.05, 3.63) is 23.8 Å². The topological polar surface area (TPSA) is 33.7 Å². The Hall–Kier alpha value is -1.26. The summed E-state index contributed by atoms with van der Waals surface area (Å²) in [4.78, 5) is 2.54. The molecule has 2 unspecified atom stereocenters. The van der Waals surface area contributed by atoms with E-state index in [0.29, 0.717) is 18.9 Å². The molecule has 0 amide bonds. The second-order valence-electron chi connectivity index (χ2n) is 5.61. The van der Waals surface area contributed by atoms with Gasteiger partial charge in [-0.15, -0.1) is 0 Å². The van der Waals surface area contributed by atoms with E-state index >= 15 is 0 Å². The molecule has 0 aromatic heterocycles. The van der Waals surface area contributed by atoms with Crippen LogP contribution in [0.1, 0.15) is 25.8 Å². The van der Waals surface area contributed by atoms with Crippen molar-refractivity contribution < 1.29 is 9.47 Å². The van der Waals surface area contributed by atoms with E-state index in [9.17, 15) is 0 Å². The Labute approximate surface area is 114 Å². The van der Waals surface area contributed by atoms with Crippen molar-refractivity contribution in [2.75, 3.05) is 19.9 Å². The SMILES string of the molecule is CC1CN(Cc2ccc3c(c2)OCO3)C(C)CCN1. The monoisotopic (exact) mass is 262 g/mol. The largest absolute Gasteiger partial charge is 0.454 e. The number of nitrogens with one attached hydrogen (secondary N) is 1. The van der Waals surface area contributed by atoms with Crippen LogP contribution in [0.25, 0.3) is 0 Å². The first-order chi connectivity index (χ1) is 9.22. The van der Waals surface area contributed by atoms with E-state index in [0.717, 1.165) is 31.1 Å². The Morgan fingerprint density at radius 3 is 3.00 bits per heavy atom. The van der Waals surface area contributed by atoms with Crippen molar-refractivity contribution in [1.29, 1.82) is 0 Å². The Morgan fingerprint density at radius 2 is 2.11 bits per heavy atom. The van der Waals surface area contributed by atoms with Crippen LogP contribution in [0, 0.1) is 0 Å². The van der Waals surface area contributed by atoms with Crippen LogP contribution in [0.4, 0.5) is 0 Å². The fourth-order valence-corrected chi connectivity index (χ4v) is 2.81. The summed E-state index contributed by atoms with van der Waals surface area (Å²) in [6.45, 7) is 8.09. The molecule has 1 fully saturated rings. The molecule has 1 aromatic carbocycles. The molecule has 4 nitrogen and oxygen atoms in total. The third kappa shape index (κ3) is 2.85. The van der Waals surface area contributed by atoms with Crippen molar-refractivity contribution in [1.82, 2.24) is 10.2 Å². The van der Waals surface area contributed by atoms with Crippen molar-refractivity contribution in [3.63, 3.8) is 0 Å². The van der Waals surface area contributed by atoms with Gasteiger partial charge in [0.15, 0.2) is 11.5 Å². The number of fused-ring (bicyclic) bond motifs is 1. The molecule has 104 valence electrons. The smallest absolute Gasteiger partial charge is 0.231 e. The first kappa shape index (κ1) is 12.8. The lowest BCUT2D eigenvalue weighted by Crippen LogP contribution is -2.37. The number of hydrogen-bond acceptors (Lipinski definition) is 4. The molecule has 0 aliphatic carbocycles. The molecule has 1 saturated heterocycles. The van der Waals surface area contributed by atoms with E-state index in [1.807, 2.05) is 6.07 Å². The van der Waals surface area contributed by atoms with Gasteiger partial charge >= 0.3 is 0 Å². The Kier molecular flexibility index (Phi) is 3.62. The predicted molar refractivity (Wildman–Crippen MR) is 74.5 cm³/mol. The summed E-state index contributed by atoms with van der Waals surface area (Å²) in [6.07, 6.45) is 1.20. The molecular weight excluding hydrogens is 240 g/mol. The molecule has 4 heteroatoms. The molecule has 0 spiro atoms. The summed E-state index contributed by atoms with van der Waals surface area (Å²) in [6, 6.07) is 7.44. The van der Waals surface area contributed by atoms with E-state index in [2.05, 4.69) is 36.2 Å². The summed E-state index contributed by atoms with van der Waals surface area (Å²) in [5.41, 5.74) is 1.30. The summed E-state index contributed by atoms with van der Waals surface area (Å²) in [5, 5.41) is 3.55. The number of benzene rings is 1. The van der Waals surface area contributed by atoms with Gasteiger partial charge in [-0.1, -0.05) is 6.07 Å². The zero-order valence-corrected chi connectivity index (χ0v) is 11.7. The molecule has 1 N–H and O–H groups in total. The van der Waals surface area contributed by atoms with Gasteiger partial charge in [0.1, 0.15) is 0 Å². The highest BCUT2D eigenvalue weighted by Crippen LogP contribution is 2.33. The zero-order chi connectivity index (χ0) is 13.2. The fourth-order valence-electron chi connectivity index (χ4n) is 2.81. The lowest BCUT2D eigenvalue weighted by Gasteiger charge is -2.28. The van der Waals surface area contributed by atoms with Gasteiger partial charge in [-0.25, -0.2) is 0 Å². The van der Waals surface area contributed by atoms with E-state index in [1.54, 1.807) is 0 Å². The number of ether oxygens (including phenoxy) is 2. The van der Waals surface area contributed by atoms with Gasteiger partial charge in [0.05, 0.1) is 0 Å². The van der Waals surface area contributed by atoms with Crippen LogP contribution in [0.15, 0.2) is 18.2 Å². The maximum absolute atomic E-state index is 5.45. The average Bonchev–Trinajstić information content (AvgIpc) is 2.79. The molecule has 2 atom stereocenters. The van der Waals surface area contributed by atoms with E-state index in [-0.39, 0.29) is 0 Å². The molecule has 0 radical (unpaired) electrons. The summed E-state index contributed by atoms with van der Waals surface area (Å²) < 4.78 is 10.8. The highest BCUT2D eigenvalue weighted by atomic mass is 16.7. The predicted octanol–water partition coefficient (Wildman–Crippen LogP) is 1.99. The van der Waals surface area contributed by atoms with Gasteiger partial charge in [-0.3, -0.25) is 4.90 Å². The normalized spacial score (nSPS) is 27.3. The van der Waals surface area contributed by atoms with Crippen LogP contribution in [0.5, 0.6) is 11.5 Å². The van der Waals surface area contributed by atoms with Crippen LogP contribution < -0.4 is 14.8 Å². The average molecular weight is 262 g/mol. The molecule has 3 rings (SSSR count). The molecular formula is C15H22N2O2. The van der Waals surface area contributed by atoms with Gasteiger partial charge in [0, 0.05) is 25.2 Å². The molecule has 2 aliphatic rings. The van der Waals surface area contributed by atoms with Crippen molar-refractivity contribution in [3.8, 4) is 11.5 Å². The summed E-state index contributed by atoms with van der Waals surface area (Å²) in [5.74, 6) is 1.74. The van der Waals surface area contributed by atoms with Crippen molar-refractivity contribution in [2.45, 2.75) is 38.9 Å². The molecule has 1 aromatic rings. The minimum atomic E-state index is 0.347. The molecule has 2 aliphatic heterocycles. The Morgan fingerprint density at radius 1 is 1.26 bits per heavy atom. The Bertz CT molecular complexity index is 450. The van der Waals surface area contributed by atoms with Crippen molar-refractivity contribution in [2.24, 2.45) is 0 Å². The third-order valence-electron chi connectivity index (χ3n) is 4.01. The summed E-state index contributed by atoms with van der Waals surface area (Å²) in [7, 11) is 0. The van der Waals surface area contributed by atoms with E-state index in [4.69, 9.17) is 9.47 Å². The quantitative estimate of drug-likeness (QED) is 0.884. The zero-order valence-electron chi connectivity index (χ0n) is 11.7. The standard InChI is InChI=1S/C15H22N2O2/c1-11-8-17(12(2)5-6-16-11)9-13-3-4-14-15(7-13)19-10-18-14/h3-4,7,11-12,16H,5-6,8-10H2,1-2H3. The van der Waals surface area contributed by atoms with Gasteiger partial charge in [0.2, 0.25) is 6.79 Å².